The van der Waals surface area contributed by atoms with Crippen molar-refractivity contribution in [3.05, 3.63) is 29.7 Å². The van der Waals surface area contributed by atoms with E-state index in [-0.39, 0.29) is 11.9 Å². The second-order valence-electron chi connectivity index (χ2n) is 5.00. The third-order valence-corrected chi connectivity index (χ3v) is 3.49. The molecule has 1 aliphatic heterocycles. The van der Waals surface area contributed by atoms with Crippen molar-refractivity contribution in [1.82, 2.24) is 15.2 Å². The summed E-state index contributed by atoms with van der Waals surface area (Å²) < 4.78 is 5.61. The van der Waals surface area contributed by atoms with E-state index in [1.807, 2.05) is 30.9 Å². The fraction of sp³-hybridized carbons (Fsp3) is 0.429. The number of carbonyl (C=O) groups is 1. The van der Waals surface area contributed by atoms with E-state index >= 15 is 0 Å². The van der Waals surface area contributed by atoms with E-state index in [9.17, 15) is 4.79 Å². The van der Waals surface area contributed by atoms with E-state index in [2.05, 4.69) is 10.3 Å². The first kappa shape index (κ1) is 12.2. The Morgan fingerprint density at radius 1 is 1.53 bits per heavy atom. The van der Waals surface area contributed by atoms with Gasteiger partial charge in [0.25, 0.3) is 5.91 Å². The van der Waals surface area contributed by atoms with Gasteiger partial charge in [0, 0.05) is 37.4 Å². The Hall–Kier alpha value is -1.88. The maximum absolute atomic E-state index is 12.4. The van der Waals surface area contributed by atoms with Gasteiger partial charge in [-0.05, 0) is 26.0 Å². The second-order valence-corrected chi connectivity index (χ2v) is 5.00. The normalized spacial score (nSPS) is 19.9. The van der Waals surface area contributed by atoms with Crippen molar-refractivity contribution in [2.75, 3.05) is 19.6 Å². The van der Waals surface area contributed by atoms with Crippen molar-refractivity contribution < 1.29 is 9.21 Å². The zero-order chi connectivity index (χ0) is 13.4. The van der Waals surface area contributed by atoms with E-state index in [1.54, 1.807) is 6.07 Å². The van der Waals surface area contributed by atoms with Gasteiger partial charge in [0.05, 0.1) is 0 Å². The van der Waals surface area contributed by atoms with E-state index < -0.39 is 0 Å². The van der Waals surface area contributed by atoms with Crippen LogP contribution in [-0.4, -0.2) is 41.5 Å². The molecule has 1 unspecified atom stereocenters. The number of hydrogen-bond acceptors (Lipinski definition) is 4. The molecule has 5 nitrogen and oxygen atoms in total. The number of rotatable bonds is 1. The van der Waals surface area contributed by atoms with E-state index in [4.69, 9.17) is 4.42 Å². The Bertz CT molecular complexity index is 620. The van der Waals surface area contributed by atoms with Gasteiger partial charge in [-0.25, -0.2) is 4.98 Å². The van der Waals surface area contributed by atoms with Gasteiger partial charge in [-0.15, -0.1) is 0 Å². The summed E-state index contributed by atoms with van der Waals surface area (Å²) in [6.07, 6.45) is 0. The average Bonchev–Trinajstić information content (AvgIpc) is 2.81. The first-order chi connectivity index (χ1) is 9.15. The van der Waals surface area contributed by atoms with Gasteiger partial charge < -0.3 is 14.6 Å². The molecule has 0 aliphatic carbocycles. The standard InChI is InChI=1S/C14H17N3O2/c1-9-3-4-12-11(16-9)7-13(19-12)14(18)17-6-5-15-8-10(17)2/h3-4,7,10,15H,5-6,8H2,1-2H3. The molecular formula is C14H17N3O2. The third kappa shape index (κ3) is 2.21. The van der Waals surface area contributed by atoms with Crippen LogP contribution in [0, 0.1) is 6.92 Å². The topological polar surface area (TPSA) is 58.4 Å². The van der Waals surface area contributed by atoms with Gasteiger partial charge in [0.2, 0.25) is 0 Å². The fourth-order valence-electron chi connectivity index (χ4n) is 2.42. The number of fused-ring (bicyclic) bond motifs is 1. The number of aryl methyl sites for hydroxylation is 1. The van der Waals surface area contributed by atoms with Crippen LogP contribution in [0.15, 0.2) is 22.6 Å². The molecule has 1 amide bonds. The summed E-state index contributed by atoms with van der Waals surface area (Å²) in [5, 5.41) is 3.27. The van der Waals surface area contributed by atoms with Crippen LogP contribution >= 0.6 is 0 Å². The molecule has 0 radical (unpaired) electrons. The molecule has 5 heteroatoms. The fourth-order valence-corrected chi connectivity index (χ4v) is 2.42. The molecule has 19 heavy (non-hydrogen) atoms. The summed E-state index contributed by atoms with van der Waals surface area (Å²) in [7, 11) is 0. The highest BCUT2D eigenvalue weighted by molar-refractivity contribution is 5.95. The lowest BCUT2D eigenvalue weighted by atomic mass is 10.2. The average molecular weight is 259 g/mol. The number of nitrogens with one attached hydrogen (secondary N) is 1. The van der Waals surface area contributed by atoms with Gasteiger partial charge in [-0.2, -0.15) is 0 Å². The van der Waals surface area contributed by atoms with Crippen LogP contribution in [0.25, 0.3) is 11.1 Å². The molecular weight excluding hydrogens is 242 g/mol. The number of piperazine rings is 1. The number of furan rings is 1. The van der Waals surface area contributed by atoms with Crippen LogP contribution in [0.4, 0.5) is 0 Å². The Morgan fingerprint density at radius 2 is 2.37 bits per heavy atom. The Balaban J connectivity index is 1.92. The quantitative estimate of drug-likeness (QED) is 0.844. The molecule has 3 rings (SSSR count). The largest absolute Gasteiger partial charge is 0.449 e. The molecule has 0 bridgehead atoms. The minimum absolute atomic E-state index is 0.0512. The van der Waals surface area contributed by atoms with Crippen LogP contribution in [0.2, 0.25) is 0 Å². The first-order valence-corrected chi connectivity index (χ1v) is 6.54. The van der Waals surface area contributed by atoms with Gasteiger partial charge >= 0.3 is 0 Å². The lowest BCUT2D eigenvalue weighted by molar-refractivity contribution is 0.0625. The summed E-state index contributed by atoms with van der Waals surface area (Å²) in [6, 6.07) is 5.66. The molecule has 1 aliphatic rings. The molecule has 3 heterocycles. The van der Waals surface area contributed by atoms with Gasteiger partial charge in [0.1, 0.15) is 5.52 Å². The first-order valence-electron chi connectivity index (χ1n) is 6.54. The highest BCUT2D eigenvalue weighted by Gasteiger charge is 2.26. The maximum Gasteiger partial charge on any atom is 0.289 e. The van der Waals surface area contributed by atoms with Crippen molar-refractivity contribution >= 4 is 17.0 Å². The van der Waals surface area contributed by atoms with Gasteiger partial charge in [0.15, 0.2) is 11.3 Å². The number of pyridine rings is 1. The summed E-state index contributed by atoms with van der Waals surface area (Å²) >= 11 is 0. The summed E-state index contributed by atoms with van der Waals surface area (Å²) in [5.41, 5.74) is 2.32. The second kappa shape index (κ2) is 4.66. The number of hydrogen-bond donors (Lipinski definition) is 1. The lowest BCUT2D eigenvalue weighted by Crippen LogP contribution is -2.52. The zero-order valence-electron chi connectivity index (χ0n) is 11.1. The lowest BCUT2D eigenvalue weighted by Gasteiger charge is -2.33. The third-order valence-electron chi connectivity index (χ3n) is 3.49. The van der Waals surface area contributed by atoms with Crippen molar-refractivity contribution in [3.8, 4) is 0 Å². The molecule has 100 valence electrons. The van der Waals surface area contributed by atoms with Crippen LogP contribution in [-0.2, 0) is 0 Å². The van der Waals surface area contributed by atoms with Crippen molar-refractivity contribution in [1.29, 1.82) is 0 Å². The molecule has 0 saturated carbocycles. The maximum atomic E-state index is 12.4. The van der Waals surface area contributed by atoms with E-state index in [1.165, 1.54) is 0 Å². The highest BCUT2D eigenvalue weighted by atomic mass is 16.3. The van der Waals surface area contributed by atoms with Crippen LogP contribution in [0.3, 0.4) is 0 Å². The van der Waals surface area contributed by atoms with Crippen molar-refractivity contribution in [3.63, 3.8) is 0 Å². The molecule has 1 saturated heterocycles. The van der Waals surface area contributed by atoms with Crippen LogP contribution < -0.4 is 5.32 Å². The summed E-state index contributed by atoms with van der Waals surface area (Å²) in [6.45, 7) is 6.32. The van der Waals surface area contributed by atoms with E-state index in [0.29, 0.717) is 17.9 Å². The number of carbonyl (C=O) groups excluding carboxylic acids is 1. The molecule has 1 atom stereocenters. The van der Waals surface area contributed by atoms with Crippen LogP contribution in [0.1, 0.15) is 23.2 Å². The molecule has 1 fully saturated rings. The van der Waals surface area contributed by atoms with E-state index in [0.717, 1.165) is 24.3 Å². The molecule has 0 aromatic carbocycles. The van der Waals surface area contributed by atoms with Crippen LogP contribution in [0.5, 0.6) is 0 Å². The minimum atomic E-state index is -0.0512. The summed E-state index contributed by atoms with van der Waals surface area (Å²) in [5.74, 6) is 0.325. The number of nitrogens with zero attached hydrogens (tertiary/aromatic N) is 2. The highest BCUT2D eigenvalue weighted by Crippen LogP contribution is 2.20. The Labute approximate surface area is 111 Å². The van der Waals surface area contributed by atoms with Crippen molar-refractivity contribution in [2.24, 2.45) is 0 Å². The minimum Gasteiger partial charge on any atom is -0.449 e. The predicted octanol–water partition coefficient (Wildman–Crippen LogP) is 1.57. The van der Waals surface area contributed by atoms with Gasteiger partial charge in [-0.1, -0.05) is 0 Å². The SMILES string of the molecule is Cc1ccc2oc(C(=O)N3CCNCC3C)cc2n1. The predicted molar refractivity (Wildman–Crippen MR) is 72.1 cm³/mol. The molecule has 1 N–H and O–H groups in total. The smallest absolute Gasteiger partial charge is 0.289 e. The number of amides is 1. The van der Waals surface area contributed by atoms with Gasteiger partial charge in [-0.3, -0.25) is 4.79 Å². The zero-order valence-corrected chi connectivity index (χ0v) is 11.1. The monoisotopic (exact) mass is 259 g/mol. The molecule has 2 aromatic heterocycles. The van der Waals surface area contributed by atoms with Crippen molar-refractivity contribution in [2.45, 2.75) is 19.9 Å². The summed E-state index contributed by atoms with van der Waals surface area (Å²) in [4.78, 5) is 18.7. The Kier molecular flexibility index (Phi) is 2.98. The number of aromatic nitrogens is 1. The molecule has 2 aromatic rings. The molecule has 0 spiro atoms. The Morgan fingerprint density at radius 3 is 3.16 bits per heavy atom.